The smallest absolute Gasteiger partial charge is 0.304 e. The molecule has 6 heteroatoms. The first-order valence-corrected chi connectivity index (χ1v) is 8.48. The Morgan fingerprint density at radius 1 is 1.24 bits per heavy atom. The van der Waals surface area contributed by atoms with E-state index in [1.165, 1.54) is 0 Å². The van der Waals surface area contributed by atoms with E-state index in [-0.39, 0.29) is 17.6 Å². The number of carboxylic acids is 1. The molecule has 1 unspecified atom stereocenters. The van der Waals surface area contributed by atoms with E-state index in [2.05, 4.69) is 4.72 Å². The molecule has 0 heterocycles. The van der Waals surface area contributed by atoms with E-state index in [4.69, 9.17) is 5.11 Å². The normalized spacial score (nSPS) is 13.9. The van der Waals surface area contributed by atoms with Crippen LogP contribution in [0, 0.1) is 5.41 Å². The number of benzene rings is 1. The monoisotopic (exact) mass is 313 g/mol. The van der Waals surface area contributed by atoms with Crippen molar-refractivity contribution in [2.24, 2.45) is 5.41 Å². The predicted octanol–water partition coefficient (Wildman–Crippen LogP) is 2.39. The summed E-state index contributed by atoms with van der Waals surface area (Å²) < 4.78 is 26.9. The molecule has 1 aromatic carbocycles. The number of hydrogen-bond donors (Lipinski definition) is 2. The van der Waals surface area contributed by atoms with Crippen LogP contribution in [0.2, 0.25) is 0 Å². The lowest BCUT2D eigenvalue weighted by atomic mass is 9.87. The fraction of sp³-hybridized carbons (Fsp3) is 0.533. The first-order chi connectivity index (χ1) is 9.57. The Morgan fingerprint density at radius 2 is 1.81 bits per heavy atom. The van der Waals surface area contributed by atoms with E-state index in [1.54, 1.807) is 24.3 Å². The lowest BCUT2D eigenvalue weighted by Crippen LogP contribution is -2.39. The molecule has 0 aliphatic carbocycles. The highest BCUT2D eigenvalue weighted by Gasteiger charge is 2.25. The Kier molecular flexibility index (Phi) is 5.92. The standard InChI is InChI=1S/C15H23NO4S/c1-15(2,3)10-13(9-14(17)18)16-21(19,20)11-12-7-5-4-6-8-12/h4-8,13,16H,9-11H2,1-3H3,(H,17,18). The predicted molar refractivity (Wildman–Crippen MR) is 82.3 cm³/mol. The lowest BCUT2D eigenvalue weighted by Gasteiger charge is -2.25. The third-order valence-electron chi connectivity index (χ3n) is 2.83. The maximum Gasteiger partial charge on any atom is 0.304 e. The Balaban J connectivity index is 2.78. The van der Waals surface area contributed by atoms with Crippen molar-refractivity contribution in [1.82, 2.24) is 4.72 Å². The van der Waals surface area contributed by atoms with Crippen LogP contribution >= 0.6 is 0 Å². The van der Waals surface area contributed by atoms with Gasteiger partial charge in [-0.2, -0.15) is 0 Å². The molecule has 0 saturated carbocycles. The summed E-state index contributed by atoms with van der Waals surface area (Å²) in [5.41, 5.74) is 0.518. The second-order valence-corrected chi connectivity index (χ2v) is 8.18. The van der Waals surface area contributed by atoms with Gasteiger partial charge in [-0.25, -0.2) is 13.1 Å². The molecule has 1 atom stereocenters. The maximum absolute atomic E-state index is 12.2. The molecule has 21 heavy (non-hydrogen) atoms. The number of rotatable bonds is 7. The van der Waals surface area contributed by atoms with Crippen LogP contribution in [0.5, 0.6) is 0 Å². The second kappa shape index (κ2) is 7.04. The van der Waals surface area contributed by atoms with E-state index in [9.17, 15) is 13.2 Å². The van der Waals surface area contributed by atoms with E-state index in [0.717, 1.165) is 0 Å². The van der Waals surface area contributed by atoms with Crippen LogP contribution in [0.4, 0.5) is 0 Å². The van der Waals surface area contributed by atoms with Crippen LogP contribution < -0.4 is 4.72 Å². The van der Waals surface area contributed by atoms with Crippen LogP contribution in [0.1, 0.15) is 39.2 Å². The third-order valence-corrected chi connectivity index (χ3v) is 4.23. The molecule has 5 nitrogen and oxygen atoms in total. The Hall–Kier alpha value is -1.40. The van der Waals surface area contributed by atoms with Gasteiger partial charge in [0.1, 0.15) is 0 Å². The number of sulfonamides is 1. The van der Waals surface area contributed by atoms with Gasteiger partial charge in [0.2, 0.25) is 10.0 Å². The van der Waals surface area contributed by atoms with Gasteiger partial charge in [-0.05, 0) is 17.4 Å². The summed E-state index contributed by atoms with van der Waals surface area (Å²) >= 11 is 0. The van der Waals surface area contributed by atoms with Crippen molar-refractivity contribution in [3.63, 3.8) is 0 Å². The SMILES string of the molecule is CC(C)(C)CC(CC(=O)O)NS(=O)(=O)Cc1ccccc1. The summed E-state index contributed by atoms with van der Waals surface area (Å²) in [6.07, 6.45) is 0.249. The van der Waals surface area contributed by atoms with Gasteiger partial charge >= 0.3 is 5.97 Å². The van der Waals surface area contributed by atoms with Gasteiger partial charge in [0.05, 0.1) is 12.2 Å². The molecule has 1 rings (SSSR count). The number of carboxylic acid groups (broad SMARTS) is 1. The van der Waals surface area contributed by atoms with Gasteiger partial charge in [-0.3, -0.25) is 4.79 Å². The molecule has 118 valence electrons. The Bertz CT molecular complexity index is 561. The van der Waals surface area contributed by atoms with Crippen molar-refractivity contribution in [1.29, 1.82) is 0 Å². The molecule has 2 N–H and O–H groups in total. The van der Waals surface area contributed by atoms with Crippen molar-refractivity contribution in [2.75, 3.05) is 0 Å². The molecular weight excluding hydrogens is 290 g/mol. The van der Waals surface area contributed by atoms with Gasteiger partial charge in [-0.15, -0.1) is 0 Å². The van der Waals surface area contributed by atoms with Gasteiger partial charge in [-0.1, -0.05) is 51.1 Å². The zero-order valence-electron chi connectivity index (χ0n) is 12.7. The Labute approximate surface area is 126 Å². The van der Waals surface area contributed by atoms with Crippen LogP contribution in [-0.2, 0) is 20.6 Å². The molecule has 1 aromatic rings. The highest BCUT2D eigenvalue weighted by atomic mass is 32.2. The lowest BCUT2D eigenvalue weighted by molar-refractivity contribution is -0.137. The van der Waals surface area contributed by atoms with Gasteiger partial charge in [0.25, 0.3) is 0 Å². The molecule has 0 radical (unpaired) electrons. The van der Waals surface area contributed by atoms with Crippen molar-refractivity contribution in [3.8, 4) is 0 Å². The average molecular weight is 313 g/mol. The minimum Gasteiger partial charge on any atom is -0.481 e. The molecule has 0 aliphatic rings. The van der Waals surface area contributed by atoms with Crippen LogP contribution in [-0.4, -0.2) is 25.5 Å². The fourth-order valence-electron chi connectivity index (χ4n) is 2.19. The molecule has 0 bridgehead atoms. The first-order valence-electron chi connectivity index (χ1n) is 6.83. The summed E-state index contributed by atoms with van der Waals surface area (Å²) in [5, 5.41) is 8.93. The summed E-state index contributed by atoms with van der Waals surface area (Å²) in [6.45, 7) is 5.86. The van der Waals surface area contributed by atoms with Crippen LogP contribution in [0.15, 0.2) is 30.3 Å². The molecule has 0 amide bonds. The number of carbonyl (C=O) groups is 1. The van der Waals surface area contributed by atoms with Crippen molar-refractivity contribution in [2.45, 2.75) is 45.4 Å². The zero-order chi connectivity index (χ0) is 16.1. The second-order valence-electron chi connectivity index (χ2n) is 6.42. The highest BCUT2D eigenvalue weighted by molar-refractivity contribution is 7.88. The molecule has 0 saturated heterocycles. The van der Waals surface area contributed by atoms with E-state index >= 15 is 0 Å². The quantitative estimate of drug-likeness (QED) is 0.809. The number of nitrogens with one attached hydrogen (secondary N) is 1. The first kappa shape index (κ1) is 17.7. The Morgan fingerprint density at radius 3 is 2.29 bits per heavy atom. The van der Waals surface area contributed by atoms with Gasteiger partial charge in [0.15, 0.2) is 0 Å². The van der Waals surface area contributed by atoms with Gasteiger partial charge < -0.3 is 5.11 Å². The number of aliphatic carboxylic acids is 1. The molecule has 0 spiro atoms. The van der Waals surface area contributed by atoms with E-state index in [1.807, 2.05) is 26.8 Å². The highest BCUT2D eigenvalue weighted by Crippen LogP contribution is 2.23. The van der Waals surface area contributed by atoms with Crippen molar-refractivity contribution < 1.29 is 18.3 Å². The van der Waals surface area contributed by atoms with Crippen molar-refractivity contribution in [3.05, 3.63) is 35.9 Å². The average Bonchev–Trinajstić information content (AvgIpc) is 2.24. The summed E-state index contributed by atoms with van der Waals surface area (Å²) in [4.78, 5) is 10.9. The number of hydrogen-bond acceptors (Lipinski definition) is 3. The maximum atomic E-state index is 12.2. The molecule has 0 aromatic heterocycles. The molecule has 0 aliphatic heterocycles. The minimum atomic E-state index is -3.57. The zero-order valence-corrected chi connectivity index (χ0v) is 13.5. The topological polar surface area (TPSA) is 83.5 Å². The van der Waals surface area contributed by atoms with Crippen LogP contribution in [0.25, 0.3) is 0 Å². The summed E-state index contributed by atoms with van der Waals surface area (Å²) in [5.74, 6) is -1.15. The van der Waals surface area contributed by atoms with E-state index < -0.39 is 22.0 Å². The van der Waals surface area contributed by atoms with Crippen molar-refractivity contribution >= 4 is 16.0 Å². The largest absolute Gasteiger partial charge is 0.481 e. The van der Waals surface area contributed by atoms with E-state index in [0.29, 0.717) is 12.0 Å². The van der Waals surface area contributed by atoms with Crippen LogP contribution in [0.3, 0.4) is 0 Å². The summed E-state index contributed by atoms with van der Waals surface area (Å²) in [7, 11) is -3.57. The minimum absolute atomic E-state index is 0.145. The molecule has 0 fully saturated rings. The van der Waals surface area contributed by atoms with Gasteiger partial charge in [0, 0.05) is 6.04 Å². The summed E-state index contributed by atoms with van der Waals surface area (Å²) in [6, 6.07) is 8.22. The molecular formula is C15H23NO4S. The third kappa shape index (κ3) is 7.82. The fourth-order valence-corrected chi connectivity index (χ4v) is 3.58.